The molecule has 0 aliphatic heterocycles. The number of nitrogens with zero attached hydrogens (tertiary/aromatic N) is 1. The van der Waals surface area contributed by atoms with Gasteiger partial charge in [0.05, 0.1) is 29.0 Å². The van der Waals surface area contributed by atoms with Crippen LogP contribution in [0.4, 0.5) is 0 Å². The van der Waals surface area contributed by atoms with E-state index in [0.717, 1.165) is 30.0 Å². The van der Waals surface area contributed by atoms with Crippen LogP contribution in [0.2, 0.25) is 54.4 Å². The summed E-state index contributed by atoms with van der Waals surface area (Å²) < 4.78 is 21.4. The van der Waals surface area contributed by atoms with Crippen molar-refractivity contribution in [2.45, 2.75) is 222 Å². The fourth-order valence-corrected chi connectivity index (χ4v) is 12.3. The van der Waals surface area contributed by atoms with E-state index in [4.69, 9.17) is 18.3 Å². The van der Waals surface area contributed by atoms with Crippen LogP contribution in [-0.2, 0) is 18.1 Å². The van der Waals surface area contributed by atoms with E-state index >= 15 is 0 Å². The molecule has 0 radical (unpaired) electrons. The van der Waals surface area contributed by atoms with Gasteiger partial charge in [-0.3, -0.25) is 4.79 Å². The number of aromatic nitrogens is 1. The molecular weight excluding hydrogens is 763 g/mol. The van der Waals surface area contributed by atoms with Crippen LogP contribution in [0.1, 0.15) is 153 Å². The summed E-state index contributed by atoms with van der Waals surface area (Å²) in [6, 6.07) is 0. The van der Waals surface area contributed by atoms with E-state index in [-0.39, 0.29) is 57.7 Å². The van der Waals surface area contributed by atoms with E-state index in [0.29, 0.717) is 18.3 Å². The number of rotatable bonds is 21. The molecule has 1 heterocycles. The maximum atomic E-state index is 14.8. The highest BCUT2D eigenvalue weighted by Gasteiger charge is 2.49. The van der Waals surface area contributed by atoms with Crippen molar-refractivity contribution in [1.82, 2.24) is 4.98 Å². The normalized spacial score (nSPS) is 21.0. The van der Waals surface area contributed by atoms with Gasteiger partial charge in [0, 0.05) is 23.3 Å². The molecule has 6 nitrogen and oxygen atoms in total. The highest BCUT2D eigenvalue weighted by molar-refractivity contribution is 7.09. The molecule has 0 amide bonds. The van der Waals surface area contributed by atoms with Crippen molar-refractivity contribution in [3.8, 4) is 0 Å². The minimum absolute atomic E-state index is 0.00236. The number of hydrogen-bond donors (Lipinski definition) is 1. The topological polar surface area (TPSA) is 77.9 Å². The lowest BCUT2D eigenvalue weighted by Crippen LogP contribution is -2.54. The second kappa shape index (κ2) is 19.5. The largest absolute Gasteiger partial charge is 0.413 e. The smallest absolute Gasteiger partial charge is 0.192 e. The highest BCUT2D eigenvalue weighted by atomic mass is 32.1. The van der Waals surface area contributed by atoms with Crippen LogP contribution in [0.25, 0.3) is 6.08 Å². The van der Waals surface area contributed by atoms with Crippen LogP contribution < -0.4 is 0 Å². The number of aryl methyl sites for hydroxylation is 1. The SMILES string of the molecule is C/C(=C\c1csc(C)n1)C(C[C@@H]1CC[C@@H]1CCC[C@H](C)[C@H](O[Si](C)(C)C(C)(C)C)[C@@H](C)C(=O)C(C)(C)[C@H](CCO)O[Si](C)(C)C(C)(C)C)O[Si](C)(C)C(C)(C)C. The molecular formula is C46H89NO5SSi3. The molecule has 0 bridgehead atoms. The summed E-state index contributed by atoms with van der Waals surface area (Å²) >= 11 is 1.71. The van der Waals surface area contributed by atoms with Crippen molar-refractivity contribution >= 4 is 48.1 Å². The summed E-state index contributed by atoms with van der Waals surface area (Å²) in [6.45, 7) is 47.2. The Hall–Kier alpha value is -0.469. The third-order valence-electron chi connectivity index (χ3n) is 14.9. The Bertz CT molecular complexity index is 1430. The summed E-state index contributed by atoms with van der Waals surface area (Å²) in [5.74, 6) is 1.49. The molecule has 326 valence electrons. The van der Waals surface area contributed by atoms with E-state index in [1.54, 1.807) is 11.3 Å². The van der Waals surface area contributed by atoms with Crippen LogP contribution in [0.5, 0.6) is 0 Å². The van der Waals surface area contributed by atoms with Crippen molar-refractivity contribution in [1.29, 1.82) is 0 Å². The molecule has 2 rings (SSSR count). The maximum Gasteiger partial charge on any atom is 0.192 e. The number of hydrogen-bond acceptors (Lipinski definition) is 7. The average molecular weight is 853 g/mol. The molecule has 0 saturated heterocycles. The van der Waals surface area contributed by atoms with Gasteiger partial charge in [-0.15, -0.1) is 11.3 Å². The Morgan fingerprint density at radius 1 is 0.839 bits per heavy atom. The quantitative estimate of drug-likeness (QED) is 0.124. The molecule has 0 spiro atoms. The van der Waals surface area contributed by atoms with Crippen molar-refractivity contribution in [3.05, 3.63) is 21.7 Å². The van der Waals surface area contributed by atoms with Crippen LogP contribution in [-0.4, -0.2) is 65.7 Å². The van der Waals surface area contributed by atoms with Gasteiger partial charge in [-0.1, -0.05) is 103 Å². The summed E-state index contributed by atoms with van der Waals surface area (Å²) in [7, 11) is -6.38. The van der Waals surface area contributed by atoms with Gasteiger partial charge in [0.15, 0.2) is 25.0 Å². The van der Waals surface area contributed by atoms with E-state index in [2.05, 4.69) is 141 Å². The molecule has 56 heavy (non-hydrogen) atoms. The molecule has 1 N–H and O–H groups in total. The number of Topliss-reactive ketones (excluding diaryl/α,β-unsaturated/α-hetero) is 1. The van der Waals surface area contributed by atoms with Gasteiger partial charge in [-0.05, 0) is 130 Å². The third kappa shape index (κ3) is 13.5. The number of carbonyl (C=O) groups is 1. The standard InChI is InChI=1S/C46H89NO5SSi3/c1-32(23-22-24-36-25-26-37(36)30-39(50-54(16,17)43(5,6)7)33(2)29-38-31-53-35(4)47-38)41(52-56(20,21)45(11,12)13)34(3)42(49)46(14,15)40(27-28-48)51-55(18,19)44(8,9)10/h29,31-32,34,36-37,39-41,48H,22-28,30H2,1-21H3/b33-29+/t32-,34+,36-,37-,39?,40-,41-/m0/s1. The van der Waals surface area contributed by atoms with E-state index in [9.17, 15) is 9.90 Å². The van der Waals surface area contributed by atoms with Gasteiger partial charge >= 0.3 is 0 Å². The lowest BCUT2D eigenvalue weighted by Gasteiger charge is -2.46. The van der Waals surface area contributed by atoms with Crippen molar-refractivity contribution in [2.75, 3.05) is 6.61 Å². The molecule has 1 fully saturated rings. The monoisotopic (exact) mass is 852 g/mol. The molecule has 1 aromatic heterocycles. The highest BCUT2D eigenvalue weighted by Crippen LogP contribution is 2.47. The minimum atomic E-state index is -2.20. The Kier molecular flexibility index (Phi) is 18.0. The van der Waals surface area contributed by atoms with Gasteiger partial charge in [0.1, 0.15) is 5.78 Å². The van der Waals surface area contributed by atoms with E-state index < -0.39 is 30.4 Å². The molecule has 1 aliphatic carbocycles. The van der Waals surface area contributed by atoms with E-state index in [1.165, 1.54) is 24.8 Å². The van der Waals surface area contributed by atoms with Crippen LogP contribution in [0.15, 0.2) is 11.0 Å². The van der Waals surface area contributed by atoms with Gasteiger partial charge < -0.3 is 18.4 Å². The van der Waals surface area contributed by atoms with Gasteiger partial charge in [-0.2, -0.15) is 0 Å². The predicted molar refractivity (Wildman–Crippen MR) is 250 cm³/mol. The fraction of sp³-hybridized carbons (Fsp3) is 0.870. The maximum absolute atomic E-state index is 14.8. The summed E-state index contributed by atoms with van der Waals surface area (Å²) in [6.07, 6.45) is 9.29. The minimum Gasteiger partial charge on any atom is -0.413 e. The first-order valence-electron chi connectivity index (χ1n) is 22.0. The first kappa shape index (κ1) is 51.7. The molecule has 7 atom stereocenters. The zero-order valence-corrected chi connectivity index (χ0v) is 44.1. The number of thiazole rings is 1. The number of aliphatic hydroxyl groups excluding tert-OH is 1. The van der Waals surface area contributed by atoms with Gasteiger partial charge in [0.2, 0.25) is 0 Å². The van der Waals surface area contributed by atoms with Crippen molar-refractivity contribution in [3.63, 3.8) is 0 Å². The van der Waals surface area contributed by atoms with Crippen LogP contribution >= 0.6 is 11.3 Å². The lowest BCUT2D eigenvalue weighted by atomic mass is 9.68. The van der Waals surface area contributed by atoms with Crippen molar-refractivity contribution < 1.29 is 23.2 Å². The predicted octanol–water partition coefficient (Wildman–Crippen LogP) is 13.9. The Labute approximate surface area is 353 Å². The summed E-state index contributed by atoms with van der Waals surface area (Å²) in [4.78, 5) is 19.5. The molecule has 1 saturated carbocycles. The first-order chi connectivity index (χ1) is 25.2. The van der Waals surface area contributed by atoms with Gasteiger partial charge in [0.25, 0.3) is 0 Å². The molecule has 10 heteroatoms. The zero-order chi connectivity index (χ0) is 43.5. The number of carbonyl (C=O) groups excluding carboxylic acids is 1. The molecule has 1 aliphatic rings. The second-order valence-corrected chi connectivity index (χ2v) is 38.2. The zero-order valence-electron chi connectivity index (χ0n) is 40.3. The lowest BCUT2D eigenvalue weighted by molar-refractivity contribution is -0.141. The third-order valence-corrected chi connectivity index (χ3v) is 29.1. The number of aliphatic hydroxyl groups is 1. The Balaban J connectivity index is 2.29. The Morgan fingerprint density at radius 2 is 1.34 bits per heavy atom. The van der Waals surface area contributed by atoms with Gasteiger partial charge in [-0.25, -0.2) is 4.98 Å². The molecule has 1 unspecified atom stereocenters. The Morgan fingerprint density at radius 3 is 1.79 bits per heavy atom. The average Bonchev–Trinajstić information content (AvgIpc) is 3.44. The molecule has 0 aromatic carbocycles. The fourth-order valence-electron chi connectivity index (χ4n) is 7.44. The van der Waals surface area contributed by atoms with Crippen molar-refractivity contribution in [2.24, 2.45) is 29.1 Å². The first-order valence-corrected chi connectivity index (χ1v) is 31.6. The second-order valence-electron chi connectivity index (χ2n) is 22.9. The summed E-state index contributed by atoms with van der Waals surface area (Å²) in [5.41, 5.74) is 1.58. The van der Waals surface area contributed by atoms with E-state index in [1.807, 2.05) is 13.8 Å². The number of ketones is 1. The van der Waals surface area contributed by atoms with Crippen LogP contribution in [0, 0.1) is 36.0 Å². The molecule has 1 aromatic rings. The summed E-state index contributed by atoms with van der Waals surface area (Å²) in [5, 5.41) is 13.6. The van der Waals surface area contributed by atoms with Crippen LogP contribution in [0.3, 0.4) is 0 Å².